The van der Waals surface area contributed by atoms with Crippen molar-refractivity contribution < 1.29 is 22.9 Å². The van der Waals surface area contributed by atoms with Crippen molar-refractivity contribution in [2.75, 3.05) is 24.5 Å². The van der Waals surface area contributed by atoms with E-state index in [1.54, 1.807) is 4.90 Å². The molecule has 4 heterocycles. The van der Waals surface area contributed by atoms with E-state index in [0.717, 1.165) is 30.8 Å². The van der Waals surface area contributed by atoms with Crippen molar-refractivity contribution in [1.82, 2.24) is 19.5 Å². The Labute approximate surface area is 198 Å². The molecule has 0 saturated carbocycles. The van der Waals surface area contributed by atoms with Crippen LogP contribution in [0.5, 0.6) is 0 Å². The number of carbonyl (C=O) groups is 1. The summed E-state index contributed by atoms with van der Waals surface area (Å²) >= 11 is 0. The fraction of sp³-hybridized carbons (Fsp3) is 0.435. The summed E-state index contributed by atoms with van der Waals surface area (Å²) in [6.45, 7) is 1.31. The molecule has 0 unspecified atom stereocenters. The monoisotopic (exact) mass is 488 g/mol. The Kier molecular flexibility index (Phi) is 5.81. The highest BCUT2D eigenvalue weighted by Crippen LogP contribution is 2.39. The van der Waals surface area contributed by atoms with Crippen LogP contribution in [-0.2, 0) is 11.0 Å². The molecule has 0 N–H and O–H groups in total. The van der Waals surface area contributed by atoms with Crippen LogP contribution in [0.2, 0.25) is 0 Å². The van der Waals surface area contributed by atoms with Gasteiger partial charge in [0.25, 0.3) is 5.69 Å². The average Bonchev–Trinajstić information content (AvgIpc) is 3.49. The number of alkyl halides is 3. The number of amides is 1. The van der Waals surface area contributed by atoms with Crippen LogP contribution in [0.3, 0.4) is 0 Å². The Bertz CT molecular complexity index is 1270. The summed E-state index contributed by atoms with van der Waals surface area (Å²) in [5.74, 6) is 0.477. The van der Waals surface area contributed by atoms with Gasteiger partial charge in [0.2, 0.25) is 5.91 Å². The molecule has 1 amide bonds. The first-order valence-electron chi connectivity index (χ1n) is 11.4. The van der Waals surface area contributed by atoms with Crippen LogP contribution in [0, 0.1) is 16.0 Å². The van der Waals surface area contributed by atoms with E-state index < -0.39 is 22.4 Å². The first-order valence-corrected chi connectivity index (χ1v) is 11.4. The molecule has 0 aliphatic carbocycles. The number of rotatable bonds is 4. The fourth-order valence-electron chi connectivity index (χ4n) is 5.10. The zero-order chi connectivity index (χ0) is 24.7. The Balaban J connectivity index is 1.30. The molecule has 2 aliphatic heterocycles. The standard InChI is InChI=1S/C23H23F3N6O3/c24-23(25,26)16-6-7-17(19(14-16)32(34)35)29-12-8-15(9-13-29)22(33)30-11-3-4-18(30)21-28-27-20-5-1-2-10-31(20)21/h1-2,5-7,10,14-15,18H,3-4,8-9,11-13H2/t18-/m1/s1. The molecule has 35 heavy (non-hydrogen) atoms. The Morgan fingerprint density at radius 1 is 1.06 bits per heavy atom. The number of aromatic nitrogens is 3. The van der Waals surface area contributed by atoms with Gasteiger partial charge in [-0.05, 0) is 49.9 Å². The third-order valence-corrected chi connectivity index (χ3v) is 6.86. The molecule has 9 nitrogen and oxygen atoms in total. The van der Waals surface area contributed by atoms with E-state index in [1.807, 2.05) is 33.7 Å². The van der Waals surface area contributed by atoms with Gasteiger partial charge in [0.15, 0.2) is 11.5 Å². The van der Waals surface area contributed by atoms with E-state index in [-0.39, 0.29) is 23.6 Å². The second-order valence-electron chi connectivity index (χ2n) is 8.90. The molecule has 12 heteroatoms. The number of carbonyl (C=O) groups excluding carboxylic acids is 1. The molecule has 1 atom stereocenters. The third-order valence-electron chi connectivity index (χ3n) is 6.86. The van der Waals surface area contributed by atoms with Crippen LogP contribution in [0.1, 0.15) is 43.1 Å². The van der Waals surface area contributed by atoms with Gasteiger partial charge in [-0.15, -0.1) is 10.2 Å². The Morgan fingerprint density at radius 2 is 1.83 bits per heavy atom. The average molecular weight is 488 g/mol. The van der Waals surface area contributed by atoms with Crippen LogP contribution >= 0.6 is 0 Å². The topological polar surface area (TPSA) is 96.9 Å². The minimum Gasteiger partial charge on any atom is -0.366 e. The molecule has 0 bridgehead atoms. The first-order chi connectivity index (χ1) is 16.7. The molecule has 3 aromatic rings. The lowest BCUT2D eigenvalue weighted by Crippen LogP contribution is -2.42. The fourth-order valence-corrected chi connectivity index (χ4v) is 5.10. The van der Waals surface area contributed by atoms with Crippen molar-refractivity contribution in [2.45, 2.75) is 37.9 Å². The number of hydrogen-bond donors (Lipinski definition) is 0. The largest absolute Gasteiger partial charge is 0.416 e. The predicted molar refractivity (Wildman–Crippen MR) is 120 cm³/mol. The molecule has 2 aromatic heterocycles. The van der Waals surface area contributed by atoms with Gasteiger partial charge in [0, 0.05) is 37.8 Å². The summed E-state index contributed by atoms with van der Waals surface area (Å²) in [5.41, 5.74) is -0.780. The number of nitrogens with zero attached hydrogens (tertiary/aromatic N) is 6. The summed E-state index contributed by atoms with van der Waals surface area (Å²) in [6, 6.07) is 8.02. The van der Waals surface area contributed by atoms with Gasteiger partial charge in [-0.1, -0.05) is 6.07 Å². The molecule has 0 radical (unpaired) electrons. The summed E-state index contributed by atoms with van der Waals surface area (Å²) in [7, 11) is 0. The van der Waals surface area contributed by atoms with E-state index in [4.69, 9.17) is 0 Å². The van der Waals surface area contributed by atoms with Crippen molar-refractivity contribution in [2.24, 2.45) is 5.92 Å². The van der Waals surface area contributed by atoms with Crippen LogP contribution in [0.15, 0.2) is 42.6 Å². The number of hydrogen-bond acceptors (Lipinski definition) is 6. The number of halogens is 3. The second kappa shape index (κ2) is 8.82. The van der Waals surface area contributed by atoms with Crippen LogP contribution in [0.4, 0.5) is 24.5 Å². The maximum atomic E-state index is 13.4. The number of benzene rings is 1. The minimum atomic E-state index is -4.66. The smallest absolute Gasteiger partial charge is 0.366 e. The Morgan fingerprint density at radius 3 is 2.54 bits per heavy atom. The second-order valence-corrected chi connectivity index (χ2v) is 8.90. The number of pyridine rings is 1. The summed E-state index contributed by atoms with van der Waals surface area (Å²) in [4.78, 5) is 27.7. The van der Waals surface area contributed by atoms with E-state index in [1.165, 1.54) is 0 Å². The molecule has 1 aromatic carbocycles. The number of anilines is 1. The molecule has 184 valence electrons. The van der Waals surface area contributed by atoms with Crippen molar-refractivity contribution >= 4 is 22.9 Å². The SMILES string of the molecule is O=C(C1CCN(c2ccc(C(F)(F)F)cc2[N+](=O)[O-])CC1)N1CCC[C@@H]1c1nnc2ccccn12. The molecule has 2 fully saturated rings. The number of likely N-dealkylation sites (tertiary alicyclic amines) is 1. The number of nitro groups is 1. The normalized spacial score (nSPS) is 19.5. The van der Waals surface area contributed by atoms with Gasteiger partial charge >= 0.3 is 6.18 Å². The van der Waals surface area contributed by atoms with Crippen molar-refractivity contribution in [3.8, 4) is 0 Å². The van der Waals surface area contributed by atoms with Crippen LogP contribution < -0.4 is 4.90 Å². The highest BCUT2D eigenvalue weighted by atomic mass is 19.4. The Hall–Kier alpha value is -3.70. The molecular weight excluding hydrogens is 465 g/mol. The molecule has 0 spiro atoms. The molecule has 2 saturated heterocycles. The number of nitro benzene ring substituents is 1. The van der Waals surface area contributed by atoms with Gasteiger partial charge in [-0.3, -0.25) is 19.3 Å². The van der Waals surface area contributed by atoms with Crippen molar-refractivity contribution in [3.05, 3.63) is 64.1 Å². The summed E-state index contributed by atoms with van der Waals surface area (Å²) in [5, 5.41) is 20.0. The van der Waals surface area contributed by atoms with Crippen molar-refractivity contribution in [3.63, 3.8) is 0 Å². The van der Waals surface area contributed by atoms with E-state index in [9.17, 15) is 28.1 Å². The summed E-state index contributed by atoms with van der Waals surface area (Å²) in [6.07, 6.45) is -0.222. The van der Waals surface area contributed by atoms with Gasteiger partial charge in [0.1, 0.15) is 5.69 Å². The maximum absolute atomic E-state index is 13.4. The van der Waals surface area contributed by atoms with Gasteiger partial charge in [-0.25, -0.2) is 0 Å². The summed E-state index contributed by atoms with van der Waals surface area (Å²) < 4.78 is 41.0. The van der Waals surface area contributed by atoms with E-state index in [2.05, 4.69) is 10.2 Å². The van der Waals surface area contributed by atoms with Gasteiger partial charge < -0.3 is 9.80 Å². The predicted octanol–water partition coefficient (Wildman–Crippen LogP) is 4.24. The zero-order valence-electron chi connectivity index (χ0n) is 18.7. The zero-order valence-corrected chi connectivity index (χ0v) is 18.7. The lowest BCUT2D eigenvalue weighted by molar-refractivity contribution is -0.384. The molecule has 2 aliphatic rings. The number of piperidine rings is 1. The maximum Gasteiger partial charge on any atom is 0.416 e. The number of fused-ring (bicyclic) bond motifs is 1. The third kappa shape index (κ3) is 4.28. The van der Waals surface area contributed by atoms with E-state index in [0.29, 0.717) is 44.2 Å². The molecule has 5 rings (SSSR count). The lowest BCUT2D eigenvalue weighted by atomic mass is 9.94. The highest BCUT2D eigenvalue weighted by molar-refractivity contribution is 5.80. The minimum absolute atomic E-state index is 0.0155. The van der Waals surface area contributed by atoms with Gasteiger partial charge in [0.05, 0.1) is 16.5 Å². The van der Waals surface area contributed by atoms with Crippen LogP contribution in [-0.4, -0.2) is 50.0 Å². The molecular formula is C23H23F3N6O3. The quantitative estimate of drug-likeness (QED) is 0.403. The van der Waals surface area contributed by atoms with Gasteiger partial charge in [-0.2, -0.15) is 13.2 Å². The van der Waals surface area contributed by atoms with Crippen LogP contribution in [0.25, 0.3) is 5.65 Å². The van der Waals surface area contributed by atoms with E-state index >= 15 is 0 Å². The van der Waals surface area contributed by atoms with Crippen molar-refractivity contribution in [1.29, 1.82) is 0 Å². The highest BCUT2D eigenvalue weighted by Gasteiger charge is 2.39. The first kappa shape index (κ1) is 23.1. The lowest BCUT2D eigenvalue weighted by Gasteiger charge is -2.35.